The summed E-state index contributed by atoms with van der Waals surface area (Å²) in [5.41, 5.74) is 7.79. The molecule has 0 spiro atoms. The molecule has 0 atom stereocenters. The molecule has 0 aromatic carbocycles. The van der Waals surface area contributed by atoms with Crippen molar-refractivity contribution in [3.8, 4) is 0 Å². The van der Waals surface area contributed by atoms with Crippen molar-refractivity contribution in [2.24, 2.45) is 5.73 Å². The molecular formula is C9H17N. The van der Waals surface area contributed by atoms with Crippen LogP contribution in [0.1, 0.15) is 33.6 Å². The third-order valence-corrected chi connectivity index (χ3v) is 1.49. The van der Waals surface area contributed by atoms with Gasteiger partial charge in [-0.15, -0.1) is 0 Å². The van der Waals surface area contributed by atoms with Crippen LogP contribution >= 0.6 is 0 Å². The standard InChI is InChI=1S/C9H17N/c1-4-9(5-2)7-6-8(3)10/h6-7H,4-5,10H2,1-3H3/b8-6+. The molecule has 0 fully saturated rings. The van der Waals surface area contributed by atoms with Gasteiger partial charge in [-0.2, -0.15) is 0 Å². The Morgan fingerprint density at radius 3 is 2.00 bits per heavy atom. The van der Waals surface area contributed by atoms with Crippen LogP contribution in [0.3, 0.4) is 0 Å². The summed E-state index contributed by atoms with van der Waals surface area (Å²) in [5.74, 6) is 0. The van der Waals surface area contributed by atoms with Gasteiger partial charge < -0.3 is 5.73 Å². The lowest BCUT2D eigenvalue weighted by molar-refractivity contribution is 0.977. The summed E-state index contributed by atoms with van der Waals surface area (Å²) in [6.07, 6.45) is 6.32. The highest BCUT2D eigenvalue weighted by Gasteiger charge is 1.85. The number of hydrogen-bond donors (Lipinski definition) is 1. The van der Waals surface area contributed by atoms with Crippen LogP contribution in [0, 0.1) is 0 Å². The normalized spacial score (nSPS) is 11.3. The number of nitrogens with two attached hydrogens (primary N) is 1. The van der Waals surface area contributed by atoms with Crippen molar-refractivity contribution in [1.82, 2.24) is 0 Å². The molecule has 0 saturated carbocycles. The van der Waals surface area contributed by atoms with Gasteiger partial charge in [-0.05, 0) is 25.8 Å². The highest BCUT2D eigenvalue weighted by Crippen LogP contribution is 2.05. The molecule has 0 radical (unpaired) electrons. The lowest BCUT2D eigenvalue weighted by Gasteiger charge is -1.95. The molecule has 10 heavy (non-hydrogen) atoms. The van der Waals surface area contributed by atoms with E-state index in [1.807, 2.05) is 13.0 Å². The third kappa shape index (κ3) is 4.19. The Morgan fingerprint density at radius 2 is 1.70 bits per heavy atom. The minimum atomic E-state index is 0.874. The minimum Gasteiger partial charge on any atom is -0.402 e. The molecular weight excluding hydrogens is 122 g/mol. The van der Waals surface area contributed by atoms with Crippen molar-refractivity contribution in [2.75, 3.05) is 0 Å². The predicted octanol–water partition coefficient (Wildman–Crippen LogP) is 2.60. The van der Waals surface area contributed by atoms with Crippen molar-refractivity contribution >= 4 is 0 Å². The molecule has 0 heterocycles. The quantitative estimate of drug-likeness (QED) is 0.597. The molecule has 2 N–H and O–H groups in total. The fraction of sp³-hybridized carbons (Fsp3) is 0.556. The fourth-order valence-corrected chi connectivity index (χ4v) is 0.735. The smallest absolute Gasteiger partial charge is 0.00488 e. The van der Waals surface area contributed by atoms with Crippen LogP contribution in [0.15, 0.2) is 23.4 Å². The van der Waals surface area contributed by atoms with E-state index in [-0.39, 0.29) is 0 Å². The van der Waals surface area contributed by atoms with Gasteiger partial charge in [0.1, 0.15) is 0 Å². The summed E-state index contributed by atoms with van der Waals surface area (Å²) in [7, 11) is 0. The van der Waals surface area contributed by atoms with Crippen LogP contribution < -0.4 is 5.73 Å². The van der Waals surface area contributed by atoms with Gasteiger partial charge in [0.05, 0.1) is 0 Å². The monoisotopic (exact) mass is 139 g/mol. The van der Waals surface area contributed by atoms with Crippen LogP contribution in [-0.4, -0.2) is 0 Å². The van der Waals surface area contributed by atoms with Gasteiger partial charge in [-0.1, -0.05) is 25.5 Å². The molecule has 0 aliphatic heterocycles. The largest absolute Gasteiger partial charge is 0.402 e. The van der Waals surface area contributed by atoms with Gasteiger partial charge in [0.25, 0.3) is 0 Å². The highest BCUT2D eigenvalue weighted by molar-refractivity contribution is 5.14. The zero-order valence-electron chi connectivity index (χ0n) is 7.15. The van der Waals surface area contributed by atoms with Gasteiger partial charge in [0, 0.05) is 5.70 Å². The van der Waals surface area contributed by atoms with Gasteiger partial charge in [-0.3, -0.25) is 0 Å². The summed E-state index contributed by atoms with van der Waals surface area (Å²) in [6.45, 7) is 6.23. The van der Waals surface area contributed by atoms with Crippen molar-refractivity contribution in [1.29, 1.82) is 0 Å². The van der Waals surface area contributed by atoms with Crippen LogP contribution in [0.4, 0.5) is 0 Å². The SMILES string of the molecule is CCC(=C/C=C(\C)N)CC. The van der Waals surface area contributed by atoms with Gasteiger partial charge in [-0.25, -0.2) is 0 Å². The zero-order valence-corrected chi connectivity index (χ0v) is 7.15. The minimum absolute atomic E-state index is 0.874. The van der Waals surface area contributed by atoms with E-state index in [9.17, 15) is 0 Å². The summed E-state index contributed by atoms with van der Waals surface area (Å²) in [6, 6.07) is 0. The first-order chi connectivity index (χ1) is 4.70. The average molecular weight is 139 g/mol. The summed E-state index contributed by atoms with van der Waals surface area (Å²) in [4.78, 5) is 0. The molecule has 0 aliphatic rings. The highest BCUT2D eigenvalue weighted by atomic mass is 14.5. The Bertz CT molecular complexity index is 133. The Balaban J connectivity index is 3.99. The first-order valence-corrected chi connectivity index (χ1v) is 3.82. The molecule has 0 rings (SSSR count). The van der Waals surface area contributed by atoms with Crippen LogP contribution in [0.25, 0.3) is 0 Å². The van der Waals surface area contributed by atoms with E-state index in [1.54, 1.807) is 0 Å². The van der Waals surface area contributed by atoms with Crippen molar-refractivity contribution in [3.05, 3.63) is 23.4 Å². The maximum absolute atomic E-state index is 5.47. The molecule has 0 amide bonds. The van der Waals surface area contributed by atoms with E-state index in [2.05, 4.69) is 19.9 Å². The maximum atomic E-state index is 5.47. The second kappa shape index (κ2) is 5.10. The second-order valence-corrected chi connectivity index (χ2v) is 2.44. The van der Waals surface area contributed by atoms with Crippen molar-refractivity contribution in [2.45, 2.75) is 33.6 Å². The van der Waals surface area contributed by atoms with Crippen molar-refractivity contribution < 1.29 is 0 Å². The molecule has 0 saturated heterocycles. The number of rotatable bonds is 3. The van der Waals surface area contributed by atoms with Gasteiger partial charge >= 0.3 is 0 Å². The zero-order chi connectivity index (χ0) is 7.98. The lowest BCUT2D eigenvalue weighted by atomic mass is 10.1. The van der Waals surface area contributed by atoms with Crippen LogP contribution in [0.2, 0.25) is 0 Å². The Hall–Kier alpha value is -0.720. The Labute approximate surface area is 63.6 Å². The van der Waals surface area contributed by atoms with Crippen LogP contribution in [0.5, 0.6) is 0 Å². The van der Waals surface area contributed by atoms with E-state index in [0.29, 0.717) is 0 Å². The summed E-state index contributed by atoms with van der Waals surface area (Å²) < 4.78 is 0. The topological polar surface area (TPSA) is 26.0 Å². The summed E-state index contributed by atoms with van der Waals surface area (Å²) in [5, 5.41) is 0. The average Bonchev–Trinajstić information content (AvgIpc) is 1.90. The van der Waals surface area contributed by atoms with E-state index < -0.39 is 0 Å². The molecule has 0 unspecified atom stereocenters. The molecule has 1 heteroatoms. The first-order valence-electron chi connectivity index (χ1n) is 3.82. The molecule has 1 nitrogen and oxygen atoms in total. The van der Waals surface area contributed by atoms with E-state index in [1.165, 1.54) is 5.57 Å². The van der Waals surface area contributed by atoms with Gasteiger partial charge in [0.2, 0.25) is 0 Å². The van der Waals surface area contributed by atoms with Crippen molar-refractivity contribution in [3.63, 3.8) is 0 Å². The van der Waals surface area contributed by atoms with E-state index in [4.69, 9.17) is 5.73 Å². The first kappa shape index (κ1) is 9.28. The second-order valence-electron chi connectivity index (χ2n) is 2.44. The third-order valence-electron chi connectivity index (χ3n) is 1.49. The predicted molar refractivity (Wildman–Crippen MR) is 46.6 cm³/mol. The summed E-state index contributed by atoms with van der Waals surface area (Å²) >= 11 is 0. The van der Waals surface area contributed by atoms with Gasteiger partial charge in [0.15, 0.2) is 0 Å². The Morgan fingerprint density at radius 1 is 1.20 bits per heavy atom. The number of allylic oxidation sites excluding steroid dienone is 4. The Kier molecular flexibility index (Phi) is 4.73. The fourth-order valence-electron chi connectivity index (χ4n) is 0.735. The molecule has 58 valence electrons. The number of hydrogen-bond acceptors (Lipinski definition) is 1. The molecule has 0 aromatic rings. The molecule has 0 bridgehead atoms. The molecule has 0 aromatic heterocycles. The van der Waals surface area contributed by atoms with E-state index in [0.717, 1.165) is 18.5 Å². The maximum Gasteiger partial charge on any atom is 0.00488 e. The van der Waals surface area contributed by atoms with Crippen LogP contribution in [-0.2, 0) is 0 Å². The lowest BCUT2D eigenvalue weighted by Crippen LogP contribution is -1.88. The molecule has 0 aliphatic carbocycles. The van der Waals surface area contributed by atoms with E-state index >= 15 is 0 Å².